The van der Waals surface area contributed by atoms with Gasteiger partial charge in [0.15, 0.2) is 28.9 Å². The van der Waals surface area contributed by atoms with Gasteiger partial charge in [-0.2, -0.15) is 0 Å². The number of carbonyl (C=O) groups excluding carboxylic acids is 2. The highest BCUT2D eigenvalue weighted by Gasteiger charge is 2.25. The van der Waals surface area contributed by atoms with Crippen molar-refractivity contribution in [3.63, 3.8) is 0 Å². The Hall–Kier alpha value is -4.29. The maximum absolute atomic E-state index is 14.7. The summed E-state index contributed by atoms with van der Waals surface area (Å²) in [5.74, 6) is 0.655. The Morgan fingerprint density at radius 2 is 1.51 bits per heavy atom. The molecule has 3 heterocycles. The number of nitrogens with one attached hydrogen (secondary N) is 2. The third-order valence-corrected chi connectivity index (χ3v) is 6.74. The molecule has 216 valence electrons. The first-order chi connectivity index (χ1) is 19.9. The van der Waals surface area contributed by atoms with Gasteiger partial charge in [-0.15, -0.1) is 0 Å². The number of ether oxygens (including phenoxy) is 3. The minimum atomic E-state index is -0.512. The average molecular weight is 565 g/mol. The predicted molar refractivity (Wildman–Crippen MR) is 154 cm³/mol. The molecular weight excluding hydrogens is 531 g/mol. The summed E-state index contributed by atoms with van der Waals surface area (Å²) in [4.78, 5) is 38.3. The minimum absolute atomic E-state index is 0.215. The number of nitrogens with zero attached hydrogens (tertiary/aromatic N) is 4. The summed E-state index contributed by atoms with van der Waals surface area (Å²) in [6, 6.07) is 11.0. The van der Waals surface area contributed by atoms with Crippen LogP contribution in [0.1, 0.15) is 24.3 Å². The van der Waals surface area contributed by atoms with E-state index in [4.69, 9.17) is 19.2 Å². The zero-order chi connectivity index (χ0) is 28.8. The number of amides is 2. The van der Waals surface area contributed by atoms with E-state index in [0.29, 0.717) is 99.2 Å². The van der Waals surface area contributed by atoms with Crippen LogP contribution in [0.5, 0.6) is 5.75 Å². The highest BCUT2D eigenvalue weighted by molar-refractivity contribution is 6.00. The number of aromatic nitrogens is 2. The van der Waals surface area contributed by atoms with Crippen LogP contribution in [0.4, 0.5) is 32.1 Å². The highest BCUT2D eigenvalue weighted by Crippen LogP contribution is 2.33. The normalized spacial score (nSPS) is 15.4. The van der Waals surface area contributed by atoms with Crippen molar-refractivity contribution in [2.75, 3.05) is 79.6 Å². The molecule has 0 radical (unpaired) electrons. The van der Waals surface area contributed by atoms with E-state index in [9.17, 15) is 14.0 Å². The molecule has 3 aromatic rings. The van der Waals surface area contributed by atoms with E-state index in [1.165, 1.54) is 13.0 Å². The van der Waals surface area contributed by atoms with E-state index < -0.39 is 11.8 Å². The Balaban J connectivity index is 1.30. The predicted octanol–water partition coefficient (Wildman–Crippen LogP) is 4.20. The van der Waals surface area contributed by atoms with Crippen LogP contribution in [-0.4, -0.2) is 81.0 Å². The number of carbonyl (C=O) groups is 2. The molecule has 2 fully saturated rings. The summed E-state index contributed by atoms with van der Waals surface area (Å²) >= 11 is 0. The molecule has 1 aromatic heterocycles. The molecule has 2 aromatic carbocycles. The number of rotatable bonds is 8. The van der Waals surface area contributed by atoms with E-state index in [0.717, 1.165) is 0 Å². The monoisotopic (exact) mass is 564 g/mol. The molecule has 0 aliphatic carbocycles. The lowest BCUT2D eigenvalue weighted by atomic mass is 10.1. The number of benzene rings is 2. The molecule has 0 atom stereocenters. The van der Waals surface area contributed by atoms with Crippen molar-refractivity contribution in [3.05, 3.63) is 54.0 Å². The van der Waals surface area contributed by atoms with Crippen LogP contribution < -0.4 is 25.2 Å². The molecule has 2 saturated heterocycles. The fraction of sp³-hybridized carbons (Fsp3) is 0.379. The zero-order valence-electron chi connectivity index (χ0n) is 23.1. The molecule has 0 bridgehead atoms. The molecule has 2 N–H and O–H groups in total. The fourth-order valence-electron chi connectivity index (χ4n) is 4.71. The van der Waals surface area contributed by atoms with Gasteiger partial charge in [-0.25, -0.2) is 19.2 Å². The first-order valence-corrected chi connectivity index (χ1v) is 13.6. The van der Waals surface area contributed by atoms with Gasteiger partial charge in [-0.05, 0) is 49.4 Å². The van der Waals surface area contributed by atoms with Crippen molar-refractivity contribution < 1.29 is 28.2 Å². The van der Waals surface area contributed by atoms with Gasteiger partial charge in [0, 0.05) is 50.0 Å². The van der Waals surface area contributed by atoms with Gasteiger partial charge in [0.1, 0.15) is 5.82 Å². The second kappa shape index (κ2) is 12.9. The average Bonchev–Trinajstić information content (AvgIpc) is 2.98. The van der Waals surface area contributed by atoms with Crippen molar-refractivity contribution >= 4 is 34.7 Å². The molecule has 11 nitrogen and oxygen atoms in total. The number of halogens is 1. The van der Waals surface area contributed by atoms with Gasteiger partial charge in [-0.3, -0.25) is 4.79 Å². The number of ketones is 1. The van der Waals surface area contributed by atoms with E-state index in [1.54, 1.807) is 36.4 Å². The second-order valence-electron chi connectivity index (χ2n) is 9.56. The third kappa shape index (κ3) is 6.72. The maximum atomic E-state index is 14.7. The summed E-state index contributed by atoms with van der Waals surface area (Å²) in [5, 5.41) is 5.41. The highest BCUT2D eigenvalue weighted by atomic mass is 19.1. The smallest absolute Gasteiger partial charge is 0.323 e. The molecular formula is C29H33FN6O5. The van der Waals surface area contributed by atoms with Gasteiger partial charge in [-0.1, -0.05) is 0 Å². The quantitative estimate of drug-likeness (QED) is 0.388. The van der Waals surface area contributed by atoms with Crippen molar-refractivity contribution in [2.24, 2.45) is 0 Å². The van der Waals surface area contributed by atoms with Gasteiger partial charge in [0.2, 0.25) is 0 Å². The molecule has 2 aliphatic heterocycles. The van der Waals surface area contributed by atoms with Gasteiger partial charge in [0.05, 0.1) is 38.7 Å². The molecule has 41 heavy (non-hydrogen) atoms. The van der Waals surface area contributed by atoms with Crippen molar-refractivity contribution in [1.82, 2.24) is 9.97 Å². The number of hydrogen-bond acceptors (Lipinski definition) is 9. The van der Waals surface area contributed by atoms with Crippen LogP contribution in [0.25, 0.3) is 11.4 Å². The first kappa shape index (κ1) is 28.2. The Labute approximate surface area is 237 Å². The molecule has 2 amide bonds. The fourth-order valence-corrected chi connectivity index (χ4v) is 4.71. The molecule has 0 spiro atoms. The molecule has 2 aliphatic rings. The summed E-state index contributed by atoms with van der Waals surface area (Å²) in [5.41, 5.74) is 2.21. The number of morpholine rings is 2. The SMILES string of the molecule is CCOc1c(C(C)=O)nc(-c2ccc(NC(=O)Nc3ccc(N4CCOCC4)c(F)c3)cc2)nc1N1CCOCC1. The lowest BCUT2D eigenvalue weighted by Gasteiger charge is -2.29. The number of anilines is 4. The minimum Gasteiger partial charge on any atom is -0.488 e. The van der Waals surface area contributed by atoms with Crippen molar-refractivity contribution in [1.29, 1.82) is 0 Å². The van der Waals surface area contributed by atoms with Crippen LogP contribution in [0.3, 0.4) is 0 Å². The third-order valence-electron chi connectivity index (χ3n) is 6.74. The van der Waals surface area contributed by atoms with Crippen molar-refractivity contribution in [2.45, 2.75) is 13.8 Å². The largest absolute Gasteiger partial charge is 0.488 e. The summed E-state index contributed by atoms with van der Waals surface area (Å²) in [7, 11) is 0. The lowest BCUT2D eigenvalue weighted by Crippen LogP contribution is -2.37. The second-order valence-corrected chi connectivity index (χ2v) is 9.56. The lowest BCUT2D eigenvalue weighted by molar-refractivity contribution is 0.100. The molecule has 5 rings (SSSR count). The molecule has 12 heteroatoms. The van der Waals surface area contributed by atoms with E-state index >= 15 is 0 Å². The molecule has 0 unspecified atom stereocenters. The number of Topliss-reactive ketones (excluding diaryl/α,β-unsaturated/α-hetero) is 1. The summed E-state index contributed by atoms with van der Waals surface area (Å²) < 4.78 is 31.3. The first-order valence-electron chi connectivity index (χ1n) is 13.6. The Bertz CT molecular complexity index is 1390. The van der Waals surface area contributed by atoms with Gasteiger partial charge in [0.25, 0.3) is 0 Å². The van der Waals surface area contributed by atoms with Crippen LogP contribution in [0, 0.1) is 5.82 Å². The van der Waals surface area contributed by atoms with Crippen molar-refractivity contribution in [3.8, 4) is 17.1 Å². The Kier molecular flexibility index (Phi) is 8.90. The van der Waals surface area contributed by atoms with Crippen LogP contribution >= 0.6 is 0 Å². The molecule has 0 saturated carbocycles. The van der Waals surface area contributed by atoms with Gasteiger partial charge < -0.3 is 34.6 Å². The van der Waals surface area contributed by atoms with E-state index in [-0.39, 0.29) is 11.5 Å². The topological polar surface area (TPSA) is 118 Å². The standard InChI is InChI=1S/C29H33FN6O5/c1-3-41-26-25(19(2)37)33-27(34-28(26)36-12-16-40-17-13-36)20-4-6-21(7-5-20)31-29(38)32-22-8-9-24(23(30)18-22)35-10-14-39-15-11-35/h4-9,18H,3,10-17H2,1-2H3,(H2,31,32,38). The van der Waals surface area contributed by atoms with E-state index in [2.05, 4.69) is 15.6 Å². The van der Waals surface area contributed by atoms with Crippen LogP contribution in [0.15, 0.2) is 42.5 Å². The van der Waals surface area contributed by atoms with E-state index in [1.807, 2.05) is 16.7 Å². The van der Waals surface area contributed by atoms with Gasteiger partial charge >= 0.3 is 6.03 Å². The Morgan fingerprint density at radius 1 is 0.902 bits per heavy atom. The number of urea groups is 1. The summed E-state index contributed by atoms with van der Waals surface area (Å²) in [6.07, 6.45) is 0. The summed E-state index contributed by atoms with van der Waals surface area (Å²) in [6.45, 7) is 8.34. The van der Waals surface area contributed by atoms with Crippen LogP contribution in [-0.2, 0) is 9.47 Å². The Morgan fingerprint density at radius 3 is 2.12 bits per heavy atom. The number of hydrogen-bond donors (Lipinski definition) is 2. The van der Waals surface area contributed by atoms with Crippen LogP contribution in [0.2, 0.25) is 0 Å². The maximum Gasteiger partial charge on any atom is 0.323 e. The zero-order valence-corrected chi connectivity index (χ0v) is 23.1.